The van der Waals surface area contributed by atoms with E-state index in [1.165, 1.54) is 4.90 Å². The fourth-order valence-electron chi connectivity index (χ4n) is 5.45. The van der Waals surface area contributed by atoms with Crippen LogP contribution < -0.4 is 4.90 Å². The fourth-order valence-corrected chi connectivity index (χ4v) is 5.45. The molecule has 3 aliphatic rings. The average molecular weight is 431 g/mol. The Morgan fingerprint density at radius 3 is 2.38 bits per heavy atom. The fraction of sp³-hybridized carbons (Fsp3) is 0.346. The zero-order chi connectivity index (χ0) is 22.6. The van der Waals surface area contributed by atoms with Gasteiger partial charge in [0.05, 0.1) is 31.0 Å². The second-order valence-corrected chi connectivity index (χ2v) is 8.81. The summed E-state index contributed by atoms with van der Waals surface area (Å²) in [4.78, 5) is 44.1. The number of carbonyl (C=O) groups excluding carboxylic acids is 3. The monoisotopic (exact) mass is 430 g/mol. The van der Waals surface area contributed by atoms with Crippen molar-refractivity contribution < 1.29 is 19.1 Å². The number of methoxy groups -OCH3 is 1. The Labute approximate surface area is 187 Å². The summed E-state index contributed by atoms with van der Waals surface area (Å²) in [6.45, 7) is 4.47. The van der Waals surface area contributed by atoms with E-state index in [9.17, 15) is 14.4 Å². The second-order valence-electron chi connectivity index (χ2n) is 8.81. The number of anilines is 1. The number of imide groups is 1. The van der Waals surface area contributed by atoms with Gasteiger partial charge in [0.2, 0.25) is 11.8 Å². The number of Topliss-reactive ketones (excluding diaryl/α,β-unsaturated/α-hetero) is 1. The number of benzene rings is 2. The molecule has 2 aromatic rings. The van der Waals surface area contributed by atoms with Crippen molar-refractivity contribution in [3.8, 4) is 0 Å². The lowest BCUT2D eigenvalue weighted by Crippen LogP contribution is -2.49. The Kier molecular flexibility index (Phi) is 4.97. The van der Waals surface area contributed by atoms with E-state index in [1.807, 2.05) is 61.2 Å². The summed E-state index contributed by atoms with van der Waals surface area (Å²) >= 11 is 0. The number of rotatable bonds is 5. The minimum absolute atomic E-state index is 0.125. The predicted molar refractivity (Wildman–Crippen MR) is 121 cm³/mol. The number of para-hydroxylation sites is 1. The van der Waals surface area contributed by atoms with Gasteiger partial charge in [-0.15, -0.1) is 0 Å². The van der Waals surface area contributed by atoms with E-state index in [0.29, 0.717) is 5.56 Å². The first-order valence-electron chi connectivity index (χ1n) is 10.9. The van der Waals surface area contributed by atoms with Gasteiger partial charge in [0.25, 0.3) is 0 Å². The number of amides is 2. The Hall–Kier alpha value is -3.25. The van der Waals surface area contributed by atoms with Gasteiger partial charge in [0, 0.05) is 23.9 Å². The van der Waals surface area contributed by atoms with Crippen LogP contribution in [0, 0.1) is 18.8 Å². The maximum absolute atomic E-state index is 13.9. The molecule has 0 aromatic heterocycles. The molecule has 3 aliphatic heterocycles. The van der Waals surface area contributed by atoms with Crippen LogP contribution in [-0.4, -0.2) is 54.8 Å². The summed E-state index contributed by atoms with van der Waals surface area (Å²) in [5.74, 6) is -1.91. The maximum atomic E-state index is 13.9. The average Bonchev–Trinajstić information content (AvgIpc) is 3.25. The summed E-state index contributed by atoms with van der Waals surface area (Å²) in [6.07, 6.45) is 2.05. The normalized spacial score (nSPS) is 26.0. The molecule has 2 aromatic carbocycles. The molecule has 0 N–H and O–H groups in total. The van der Waals surface area contributed by atoms with Crippen LogP contribution in [0.1, 0.15) is 28.4 Å². The molecule has 0 radical (unpaired) electrons. The molecule has 6 nitrogen and oxygen atoms in total. The van der Waals surface area contributed by atoms with Crippen LogP contribution in [0.4, 0.5) is 5.69 Å². The number of carbonyl (C=O) groups is 3. The third-order valence-corrected chi connectivity index (χ3v) is 6.97. The van der Waals surface area contributed by atoms with Gasteiger partial charge < -0.3 is 9.64 Å². The van der Waals surface area contributed by atoms with Crippen LogP contribution >= 0.6 is 0 Å². The van der Waals surface area contributed by atoms with Crippen LogP contribution in [0.25, 0.3) is 5.57 Å². The van der Waals surface area contributed by atoms with Crippen molar-refractivity contribution in [2.75, 3.05) is 25.2 Å². The molecule has 2 saturated heterocycles. The summed E-state index contributed by atoms with van der Waals surface area (Å²) in [5.41, 5.74) is 4.60. The highest BCUT2D eigenvalue weighted by Crippen LogP contribution is 2.50. The van der Waals surface area contributed by atoms with Gasteiger partial charge in [-0.25, -0.2) is 0 Å². The highest BCUT2D eigenvalue weighted by molar-refractivity contribution is 6.14. The zero-order valence-electron chi connectivity index (χ0n) is 18.4. The second kappa shape index (κ2) is 7.71. The lowest BCUT2D eigenvalue weighted by molar-refractivity contribution is -0.141. The van der Waals surface area contributed by atoms with Gasteiger partial charge in [0.15, 0.2) is 5.78 Å². The first kappa shape index (κ1) is 20.6. The zero-order valence-corrected chi connectivity index (χ0v) is 18.4. The number of aryl methyl sites for hydroxylation is 1. The standard InChI is InChI=1S/C26H26N2O4/c1-15-8-10-17(11-9-15)24(29)23-22-21(25(30)27(26(22)31)12-13-32-3)20-14-16(2)18-6-4-5-7-19(18)28(20)23/h4-11,14,20-23H,12-13H2,1-3H3/t20-,21+,22-,23-/m1/s1. The number of ether oxygens (including phenoxy) is 1. The molecule has 0 bridgehead atoms. The van der Waals surface area contributed by atoms with Crippen molar-refractivity contribution in [1.29, 1.82) is 0 Å². The third kappa shape index (κ3) is 2.93. The molecular formula is C26H26N2O4. The smallest absolute Gasteiger partial charge is 0.235 e. The largest absolute Gasteiger partial charge is 0.383 e. The van der Waals surface area contributed by atoms with Crippen molar-refractivity contribution in [2.45, 2.75) is 25.9 Å². The van der Waals surface area contributed by atoms with E-state index in [2.05, 4.69) is 0 Å². The molecule has 5 rings (SSSR count). The highest BCUT2D eigenvalue weighted by Gasteiger charge is 2.64. The number of likely N-dealkylation sites (tertiary alicyclic amines) is 1. The van der Waals surface area contributed by atoms with E-state index in [0.717, 1.165) is 22.4 Å². The third-order valence-electron chi connectivity index (χ3n) is 6.97. The number of ketones is 1. The first-order chi connectivity index (χ1) is 15.4. The summed E-state index contributed by atoms with van der Waals surface area (Å²) in [5, 5.41) is 0. The van der Waals surface area contributed by atoms with E-state index in [-0.39, 0.29) is 36.8 Å². The summed E-state index contributed by atoms with van der Waals surface area (Å²) < 4.78 is 5.11. The number of fused-ring (bicyclic) bond motifs is 5. The topological polar surface area (TPSA) is 66.9 Å². The predicted octanol–water partition coefficient (Wildman–Crippen LogP) is 3.10. The molecule has 32 heavy (non-hydrogen) atoms. The van der Waals surface area contributed by atoms with E-state index in [1.54, 1.807) is 19.2 Å². The Balaban J connectivity index is 1.64. The molecule has 0 saturated carbocycles. The van der Waals surface area contributed by atoms with Gasteiger partial charge in [-0.3, -0.25) is 19.3 Å². The number of hydrogen-bond acceptors (Lipinski definition) is 5. The van der Waals surface area contributed by atoms with Crippen LogP contribution in [0.2, 0.25) is 0 Å². The van der Waals surface area contributed by atoms with E-state index < -0.39 is 17.9 Å². The number of allylic oxidation sites excluding steroid dienone is 1. The molecule has 164 valence electrons. The van der Waals surface area contributed by atoms with Crippen LogP contribution in [0.3, 0.4) is 0 Å². The van der Waals surface area contributed by atoms with Crippen molar-refractivity contribution >= 4 is 28.9 Å². The molecule has 0 unspecified atom stereocenters. The van der Waals surface area contributed by atoms with E-state index in [4.69, 9.17) is 4.74 Å². The minimum atomic E-state index is -0.734. The summed E-state index contributed by atoms with van der Waals surface area (Å²) in [6, 6.07) is 14.2. The lowest BCUT2D eigenvalue weighted by Gasteiger charge is -2.38. The summed E-state index contributed by atoms with van der Waals surface area (Å²) in [7, 11) is 1.54. The van der Waals surface area contributed by atoms with E-state index >= 15 is 0 Å². The molecule has 3 heterocycles. The Morgan fingerprint density at radius 1 is 0.969 bits per heavy atom. The first-order valence-corrected chi connectivity index (χ1v) is 10.9. The van der Waals surface area contributed by atoms with Crippen molar-refractivity contribution in [3.05, 3.63) is 71.3 Å². The van der Waals surface area contributed by atoms with Gasteiger partial charge in [-0.2, -0.15) is 0 Å². The van der Waals surface area contributed by atoms with Gasteiger partial charge in [-0.05, 0) is 25.5 Å². The van der Waals surface area contributed by atoms with Gasteiger partial charge >= 0.3 is 0 Å². The minimum Gasteiger partial charge on any atom is -0.383 e. The molecule has 2 amide bonds. The van der Waals surface area contributed by atoms with Crippen LogP contribution in [0.5, 0.6) is 0 Å². The Morgan fingerprint density at radius 2 is 1.66 bits per heavy atom. The molecule has 0 aliphatic carbocycles. The van der Waals surface area contributed by atoms with Gasteiger partial charge in [0.1, 0.15) is 6.04 Å². The molecule has 4 atom stereocenters. The molecule has 2 fully saturated rings. The SMILES string of the molecule is COCCN1C(=O)[C@@H]2[C@@H](C1=O)[C@H](C(=O)c1ccc(C)cc1)N1c3ccccc3C(C)=C[C@H]21. The number of hydrogen-bond donors (Lipinski definition) is 0. The lowest BCUT2D eigenvalue weighted by atomic mass is 9.85. The molecule has 6 heteroatoms. The van der Waals surface area contributed by atoms with Crippen molar-refractivity contribution in [1.82, 2.24) is 4.90 Å². The maximum Gasteiger partial charge on any atom is 0.235 e. The number of nitrogens with zero attached hydrogens (tertiary/aromatic N) is 2. The molecule has 0 spiro atoms. The highest BCUT2D eigenvalue weighted by atomic mass is 16.5. The van der Waals surface area contributed by atoms with Gasteiger partial charge in [-0.1, -0.05) is 54.1 Å². The van der Waals surface area contributed by atoms with Crippen LogP contribution in [-0.2, 0) is 14.3 Å². The quantitative estimate of drug-likeness (QED) is 0.539. The van der Waals surface area contributed by atoms with Crippen molar-refractivity contribution in [2.24, 2.45) is 11.8 Å². The van der Waals surface area contributed by atoms with Crippen LogP contribution in [0.15, 0.2) is 54.6 Å². The Bertz CT molecular complexity index is 1140. The molecular weight excluding hydrogens is 404 g/mol. The van der Waals surface area contributed by atoms with Crippen molar-refractivity contribution in [3.63, 3.8) is 0 Å².